The molecule has 1 aromatic carbocycles. The summed E-state index contributed by atoms with van der Waals surface area (Å²) >= 11 is 1.58. The second-order valence-corrected chi connectivity index (χ2v) is 17.5. The molecule has 16 nitrogen and oxygen atoms in total. The molecule has 1 aliphatic carbocycles. The summed E-state index contributed by atoms with van der Waals surface area (Å²) in [6.45, 7) is 4.90. The minimum Gasteiger partial charge on any atom is -0.384 e. The number of Topliss-reactive ketones (excluding diaryl/α,β-unsaturated/α-hetero) is 1. The number of carbonyl (C=O) groups excluding carboxylic acids is 5. The first-order valence-electron chi connectivity index (χ1n) is 18.0. The van der Waals surface area contributed by atoms with Crippen LogP contribution in [0.1, 0.15) is 101 Å². The number of carbonyl (C=O) groups is 5. The van der Waals surface area contributed by atoms with Crippen LogP contribution < -0.4 is 15.8 Å². The molecule has 5 N–H and O–H groups in total. The zero-order chi connectivity index (χ0) is 38.6. The number of benzene rings is 1. The SMILES string of the molecule is CCNS(=O)(=O)c1ccc(C(=O)N=C(CC2CCCCC2)C(=O)N2C[C@@H](n3nncc3C(C)(C)O)C[C@H]2C(=O)NC2(C(=O)C(N)=O)CCSCC2)cc1. The first-order chi connectivity index (χ1) is 25.1. The van der Waals surface area contributed by atoms with Gasteiger partial charge in [0.2, 0.25) is 21.7 Å². The van der Waals surface area contributed by atoms with E-state index >= 15 is 0 Å². The van der Waals surface area contributed by atoms with E-state index in [1.54, 1.807) is 32.5 Å². The van der Waals surface area contributed by atoms with Gasteiger partial charge in [-0.2, -0.15) is 11.8 Å². The second-order valence-electron chi connectivity index (χ2n) is 14.5. The molecule has 0 unspecified atom stereocenters. The van der Waals surface area contributed by atoms with E-state index in [1.807, 2.05) is 0 Å². The number of sulfonamides is 1. The number of primary amides is 1. The molecule has 3 heterocycles. The number of aliphatic hydroxyl groups is 1. The van der Waals surface area contributed by atoms with Crippen LogP contribution in [-0.4, -0.2) is 105 Å². The summed E-state index contributed by atoms with van der Waals surface area (Å²) in [6.07, 6.45) is 6.58. The normalized spacial score (nSPS) is 21.3. The minimum absolute atomic E-state index is 0.0198. The van der Waals surface area contributed by atoms with Crippen LogP contribution in [0.3, 0.4) is 0 Å². The van der Waals surface area contributed by atoms with E-state index < -0.39 is 62.7 Å². The molecule has 2 aromatic rings. The van der Waals surface area contributed by atoms with Gasteiger partial charge in [0, 0.05) is 25.1 Å². The standard InChI is InChI=1S/C35H48N8O8S2/c1-4-38-53(50,51)25-12-10-23(11-13-25)31(46)39-26(18-22-8-6-5-7-9-22)33(48)42-21-24(43-28(20-37-41-43)34(2,3)49)19-27(42)32(47)40-35(29(44)30(36)45)14-16-52-17-15-35/h10-13,20,22,24,27,38,49H,4-9,14-19,21H2,1-3H3,(H2,36,45)(H,40,47)/t24-,27-/m0/s1. The van der Waals surface area contributed by atoms with Crippen molar-refractivity contribution in [2.45, 2.75) is 107 Å². The Morgan fingerprint density at radius 1 is 1.08 bits per heavy atom. The van der Waals surface area contributed by atoms with Crippen LogP contribution in [0.2, 0.25) is 0 Å². The molecule has 0 bridgehead atoms. The van der Waals surface area contributed by atoms with Gasteiger partial charge in [0.1, 0.15) is 22.9 Å². The predicted octanol–water partition coefficient (Wildman–Crippen LogP) is 1.63. The van der Waals surface area contributed by atoms with Crippen molar-refractivity contribution >= 4 is 56.9 Å². The molecule has 5 rings (SSSR count). The van der Waals surface area contributed by atoms with Gasteiger partial charge in [-0.25, -0.2) is 22.8 Å². The monoisotopic (exact) mass is 772 g/mol. The Kier molecular flexibility index (Phi) is 12.6. The number of hydrogen-bond donors (Lipinski definition) is 4. The number of ketones is 1. The maximum atomic E-state index is 14.7. The van der Waals surface area contributed by atoms with Crippen LogP contribution in [0, 0.1) is 5.92 Å². The summed E-state index contributed by atoms with van der Waals surface area (Å²) < 4.78 is 28.8. The Bertz CT molecular complexity index is 1840. The Labute approximate surface area is 313 Å². The maximum absolute atomic E-state index is 14.7. The second kappa shape index (κ2) is 16.6. The van der Waals surface area contributed by atoms with E-state index in [4.69, 9.17) is 5.73 Å². The lowest BCUT2D eigenvalue weighted by Gasteiger charge is -2.37. The highest BCUT2D eigenvalue weighted by Gasteiger charge is 2.49. The number of rotatable bonds is 13. The van der Waals surface area contributed by atoms with E-state index in [1.165, 1.54) is 40.0 Å². The molecule has 4 amide bonds. The number of likely N-dealkylation sites (tertiary alicyclic amines) is 1. The number of amides is 4. The Balaban J connectivity index is 1.52. The molecular weight excluding hydrogens is 725 g/mol. The van der Waals surface area contributed by atoms with Crippen molar-refractivity contribution in [1.82, 2.24) is 29.9 Å². The lowest BCUT2D eigenvalue weighted by atomic mass is 9.85. The molecule has 2 saturated heterocycles. The quantitative estimate of drug-likeness (QED) is 0.169. The van der Waals surface area contributed by atoms with E-state index in [9.17, 15) is 37.5 Å². The highest BCUT2D eigenvalue weighted by Crippen LogP contribution is 2.35. The Morgan fingerprint density at radius 2 is 1.74 bits per heavy atom. The first-order valence-corrected chi connectivity index (χ1v) is 20.6. The number of thioether (sulfide) groups is 1. The molecular formula is C35H48N8O8S2. The van der Waals surface area contributed by atoms with Crippen LogP contribution in [0.4, 0.5) is 0 Å². The van der Waals surface area contributed by atoms with Crippen LogP contribution >= 0.6 is 11.8 Å². The van der Waals surface area contributed by atoms with Gasteiger partial charge in [0.15, 0.2) is 0 Å². The van der Waals surface area contributed by atoms with E-state index in [0.29, 0.717) is 17.2 Å². The van der Waals surface area contributed by atoms with Crippen molar-refractivity contribution < 1.29 is 37.5 Å². The molecule has 3 aliphatic rings. The van der Waals surface area contributed by atoms with Crippen molar-refractivity contribution in [2.75, 3.05) is 24.6 Å². The number of nitrogens with zero attached hydrogens (tertiary/aromatic N) is 5. The summed E-state index contributed by atoms with van der Waals surface area (Å²) in [5, 5.41) is 21.8. The summed E-state index contributed by atoms with van der Waals surface area (Å²) in [7, 11) is -3.77. The van der Waals surface area contributed by atoms with Gasteiger partial charge >= 0.3 is 0 Å². The number of hydrogen-bond acceptors (Lipinski definition) is 11. The number of nitrogens with two attached hydrogens (primary N) is 1. The van der Waals surface area contributed by atoms with E-state index in [0.717, 1.165) is 32.1 Å². The van der Waals surface area contributed by atoms with Crippen LogP contribution in [0.5, 0.6) is 0 Å². The number of aromatic nitrogens is 3. The van der Waals surface area contributed by atoms with Gasteiger partial charge < -0.3 is 21.1 Å². The lowest BCUT2D eigenvalue weighted by molar-refractivity contribution is -0.143. The third-order valence-electron chi connectivity index (χ3n) is 10.2. The number of nitrogens with one attached hydrogen (secondary N) is 2. The fourth-order valence-electron chi connectivity index (χ4n) is 7.35. The zero-order valence-corrected chi connectivity index (χ0v) is 31.9. The van der Waals surface area contributed by atoms with Crippen molar-refractivity contribution in [3.63, 3.8) is 0 Å². The molecule has 0 spiro atoms. The van der Waals surface area contributed by atoms with Gasteiger partial charge in [0.05, 0.1) is 22.8 Å². The molecule has 53 heavy (non-hydrogen) atoms. The van der Waals surface area contributed by atoms with Crippen LogP contribution in [0.15, 0.2) is 40.4 Å². The maximum Gasteiger partial charge on any atom is 0.287 e. The summed E-state index contributed by atoms with van der Waals surface area (Å²) in [6, 6.07) is 3.44. The van der Waals surface area contributed by atoms with Gasteiger partial charge in [-0.15, -0.1) is 5.10 Å². The summed E-state index contributed by atoms with van der Waals surface area (Å²) in [4.78, 5) is 73.6. The van der Waals surface area contributed by atoms with Gasteiger partial charge in [-0.1, -0.05) is 44.2 Å². The van der Waals surface area contributed by atoms with Crippen molar-refractivity contribution in [2.24, 2.45) is 16.6 Å². The highest BCUT2D eigenvalue weighted by molar-refractivity contribution is 7.99. The Hall–Kier alpha value is -4.00. The van der Waals surface area contributed by atoms with Crippen molar-refractivity contribution in [3.05, 3.63) is 41.7 Å². The van der Waals surface area contributed by atoms with Crippen molar-refractivity contribution in [3.8, 4) is 0 Å². The largest absolute Gasteiger partial charge is 0.384 e. The van der Waals surface area contributed by atoms with Gasteiger partial charge in [-0.3, -0.25) is 24.0 Å². The molecule has 288 valence electrons. The smallest absolute Gasteiger partial charge is 0.287 e. The average molecular weight is 773 g/mol. The minimum atomic E-state index is -3.77. The van der Waals surface area contributed by atoms with E-state index in [2.05, 4.69) is 25.3 Å². The lowest BCUT2D eigenvalue weighted by Crippen LogP contribution is -2.63. The predicted molar refractivity (Wildman–Crippen MR) is 196 cm³/mol. The average Bonchev–Trinajstić information content (AvgIpc) is 3.80. The fraction of sp³-hybridized carbons (Fsp3) is 0.600. The third kappa shape index (κ3) is 9.21. The first kappa shape index (κ1) is 40.2. The molecule has 18 heteroatoms. The third-order valence-corrected chi connectivity index (χ3v) is 12.7. The molecule has 1 aromatic heterocycles. The summed E-state index contributed by atoms with van der Waals surface area (Å²) in [5.41, 5.74) is 2.91. The Morgan fingerprint density at radius 3 is 2.34 bits per heavy atom. The van der Waals surface area contributed by atoms with Gasteiger partial charge in [-0.05, 0) is 74.8 Å². The molecule has 3 fully saturated rings. The van der Waals surface area contributed by atoms with E-state index in [-0.39, 0.29) is 60.9 Å². The number of aliphatic imine (C=N–C) groups is 1. The fourth-order valence-corrected chi connectivity index (χ4v) is 9.58. The highest BCUT2D eigenvalue weighted by atomic mass is 32.2. The van der Waals surface area contributed by atoms with Crippen LogP contribution in [0.25, 0.3) is 0 Å². The molecule has 2 atom stereocenters. The van der Waals surface area contributed by atoms with Crippen molar-refractivity contribution in [1.29, 1.82) is 0 Å². The topological polar surface area (TPSA) is 236 Å². The van der Waals surface area contributed by atoms with Gasteiger partial charge in [0.25, 0.3) is 17.7 Å². The molecule has 1 saturated carbocycles. The molecule has 0 radical (unpaired) electrons. The zero-order valence-electron chi connectivity index (χ0n) is 30.2. The molecule has 2 aliphatic heterocycles. The van der Waals surface area contributed by atoms with Crippen LogP contribution in [-0.2, 0) is 34.8 Å². The summed E-state index contributed by atoms with van der Waals surface area (Å²) in [5.74, 6) is -3.08.